The molecule has 2 N–H and O–H groups in total. The van der Waals surface area contributed by atoms with E-state index >= 15 is 0 Å². The van der Waals surface area contributed by atoms with Crippen LogP contribution < -0.4 is 5.73 Å². The number of benzene rings is 2. The lowest BCUT2D eigenvalue weighted by molar-refractivity contribution is 0.126. The molecule has 2 aromatic carbocycles. The number of hydrogen-bond acceptors (Lipinski definition) is 1. The van der Waals surface area contributed by atoms with Crippen LogP contribution in [0.15, 0.2) is 49.0 Å². The van der Waals surface area contributed by atoms with Gasteiger partial charge in [-0.25, -0.2) is 0 Å². The predicted molar refractivity (Wildman–Crippen MR) is 159 cm³/mol. The molecule has 0 saturated heterocycles. The summed E-state index contributed by atoms with van der Waals surface area (Å²) in [7, 11) is 1.50. The van der Waals surface area contributed by atoms with E-state index in [9.17, 15) is 0 Å². The van der Waals surface area contributed by atoms with E-state index in [-0.39, 0.29) is 0 Å². The monoisotopic (exact) mass is 477 g/mol. The maximum absolute atomic E-state index is 4.50. The molecule has 2 aliphatic carbocycles. The zero-order chi connectivity index (χ0) is 26.5. The van der Waals surface area contributed by atoms with Crippen molar-refractivity contribution in [2.75, 3.05) is 7.05 Å². The fourth-order valence-corrected chi connectivity index (χ4v) is 5.91. The van der Waals surface area contributed by atoms with E-state index in [2.05, 4.69) is 96.3 Å². The Morgan fingerprint density at radius 3 is 2.00 bits per heavy atom. The van der Waals surface area contributed by atoms with Crippen molar-refractivity contribution in [1.82, 2.24) is 0 Å². The van der Waals surface area contributed by atoms with Gasteiger partial charge in [-0.1, -0.05) is 97.0 Å². The molecular weight excluding hydrogens is 422 g/mol. The van der Waals surface area contributed by atoms with E-state index in [1.54, 1.807) is 11.1 Å². The minimum atomic E-state index is 0.753. The van der Waals surface area contributed by atoms with Crippen molar-refractivity contribution in [3.05, 3.63) is 76.9 Å². The van der Waals surface area contributed by atoms with Crippen LogP contribution >= 0.6 is 0 Å². The Hall–Kier alpha value is -1.86. The Morgan fingerprint density at radius 1 is 0.857 bits per heavy atom. The molecule has 0 aromatic heterocycles. The van der Waals surface area contributed by atoms with E-state index in [1.165, 1.54) is 67.8 Å². The second kappa shape index (κ2) is 16.0. The van der Waals surface area contributed by atoms with Crippen LogP contribution in [0.3, 0.4) is 0 Å². The normalized spacial score (nSPS) is 25.0. The first-order valence-corrected chi connectivity index (χ1v) is 14.2. The van der Waals surface area contributed by atoms with Crippen LogP contribution in [-0.4, -0.2) is 7.05 Å². The number of hydrogen-bond donors (Lipinski definition) is 1. The molecule has 1 nitrogen and oxygen atoms in total. The molecule has 35 heavy (non-hydrogen) atoms. The van der Waals surface area contributed by atoms with Gasteiger partial charge in [0.25, 0.3) is 0 Å². The van der Waals surface area contributed by atoms with Crippen molar-refractivity contribution in [3.8, 4) is 0 Å². The molecule has 5 atom stereocenters. The van der Waals surface area contributed by atoms with Crippen molar-refractivity contribution in [1.29, 1.82) is 0 Å². The van der Waals surface area contributed by atoms with Gasteiger partial charge in [-0.3, -0.25) is 0 Å². The third kappa shape index (κ3) is 8.94. The third-order valence-corrected chi connectivity index (χ3v) is 8.22. The summed E-state index contributed by atoms with van der Waals surface area (Å²) in [5.74, 6) is 4.27. The average Bonchev–Trinajstić information content (AvgIpc) is 2.86. The standard InChI is InChI=1S/C23H34.C8H10.C2H6.CH5N/c1-6-19-12-16(3)18(5)22(13-19)14-21-9-7-8-20-11-15(2)10-17(4)23(20)21;1-7-5-3-4-6-8(7)2;2*1-2/h7-9,15-16,18-19,22H,4,6,10-14H2,1-3,5H3;3-6H,1-2H3;1-2H3;2H2,1H3/t15?,16-,18+,19+,22-;;;/m0.../s1. The van der Waals surface area contributed by atoms with Gasteiger partial charge in [0.2, 0.25) is 0 Å². The number of aryl methyl sites for hydroxylation is 2. The van der Waals surface area contributed by atoms with Crippen LogP contribution in [0.5, 0.6) is 0 Å². The minimum Gasteiger partial charge on any atom is -0.333 e. The van der Waals surface area contributed by atoms with E-state index in [4.69, 9.17) is 0 Å². The number of allylic oxidation sites excluding steroid dienone is 1. The lowest BCUT2D eigenvalue weighted by Crippen LogP contribution is -2.31. The van der Waals surface area contributed by atoms with Crippen LogP contribution in [0.4, 0.5) is 0 Å². The first-order valence-electron chi connectivity index (χ1n) is 14.2. The summed E-state index contributed by atoms with van der Waals surface area (Å²) in [6, 6.07) is 15.4. The second-order valence-corrected chi connectivity index (χ2v) is 10.7. The van der Waals surface area contributed by atoms with Gasteiger partial charge in [0.05, 0.1) is 0 Å². The molecule has 1 unspecified atom stereocenters. The highest BCUT2D eigenvalue weighted by atomic mass is 14.4. The van der Waals surface area contributed by atoms with Gasteiger partial charge in [0.15, 0.2) is 0 Å². The van der Waals surface area contributed by atoms with Crippen LogP contribution in [0.2, 0.25) is 0 Å². The van der Waals surface area contributed by atoms with Crippen LogP contribution in [-0.2, 0) is 12.8 Å². The van der Waals surface area contributed by atoms with Gasteiger partial charge in [-0.2, -0.15) is 0 Å². The van der Waals surface area contributed by atoms with Crippen molar-refractivity contribution >= 4 is 5.57 Å². The zero-order valence-electron chi connectivity index (χ0n) is 24.5. The molecular formula is C34H55N. The summed E-state index contributed by atoms with van der Waals surface area (Å²) in [4.78, 5) is 0. The topological polar surface area (TPSA) is 26.0 Å². The van der Waals surface area contributed by atoms with Gasteiger partial charge in [-0.15, -0.1) is 0 Å². The molecule has 0 spiro atoms. The highest BCUT2D eigenvalue weighted by molar-refractivity contribution is 5.71. The predicted octanol–water partition coefficient (Wildman–Crippen LogP) is 9.44. The zero-order valence-corrected chi connectivity index (χ0v) is 24.5. The molecule has 2 aliphatic rings. The number of nitrogens with two attached hydrogens (primary N) is 1. The first kappa shape index (κ1) is 31.2. The molecule has 0 heterocycles. The van der Waals surface area contributed by atoms with Crippen molar-refractivity contribution < 1.29 is 0 Å². The third-order valence-electron chi connectivity index (χ3n) is 8.22. The Labute approximate surface area is 218 Å². The van der Waals surface area contributed by atoms with Crippen LogP contribution in [0.1, 0.15) is 95.0 Å². The summed E-state index contributed by atoms with van der Waals surface area (Å²) in [6.07, 6.45) is 7.89. The first-order chi connectivity index (χ1) is 16.8. The van der Waals surface area contributed by atoms with Gasteiger partial charge in [-0.05, 0) is 116 Å². The molecule has 196 valence electrons. The molecule has 1 heteroatoms. The molecule has 0 aliphatic heterocycles. The summed E-state index contributed by atoms with van der Waals surface area (Å²) in [5.41, 5.74) is 13.3. The van der Waals surface area contributed by atoms with Crippen molar-refractivity contribution in [2.45, 2.75) is 93.9 Å². The van der Waals surface area contributed by atoms with Crippen molar-refractivity contribution in [2.24, 2.45) is 35.3 Å². The molecule has 0 bridgehead atoms. The maximum Gasteiger partial charge on any atom is -0.0166 e. The lowest BCUT2D eigenvalue weighted by Gasteiger charge is -2.39. The molecule has 1 fully saturated rings. The Bertz CT molecular complexity index is 859. The summed E-state index contributed by atoms with van der Waals surface area (Å²) in [6.45, 7) is 22.4. The Balaban J connectivity index is 0.000000427. The highest BCUT2D eigenvalue weighted by Crippen LogP contribution is 2.43. The van der Waals surface area contributed by atoms with Gasteiger partial charge in [0, 0.05) is 0 Å². The summed E-state index contributed by atoms with van der Waals surface area (Å²) in [5, 5.41) is 0. The van der Waals surface area contributed by atoms with Gasteiger partial charge in [0.1, 0.15) is 0 Å². The second-order valence-electron chi connectivity index (χ2n) is 10.7. The number of fused-ring (bicyclic) bond motifs is 1. The molecule has 1 saturated carbocycles. The smallest absolute Gasteiger partial charge is 0.0166 e. The number of rotatable bonds is 3. The van der Waals surface area contributed by atoms with Crippen LogP contribution in [0, 0.1) is 43.4 Å². The highest BCUT2D eigenvalue weighted by Gasteiger charge is 2.33. The Morgan fingerprint density at radius 2 is 1.46 bits per heavy atom. The summed E-state index contributed by atoms with van der Waals surface area (Å²) < 4.78 is 0. The SMILES string of the molecule is C=C1CC(C)Cc2cccc(C[C@@H]3C[C@H](CC)C[C@H](C)[C@H]3C)c21.CC.CN.Cc1ccccc1C. The average molecular weight is 478 g/mol. The van der Waals surface area contributed by atoms with E-state index in [0.29, 0.717) is 0 Å². The fraction of sp³-hybridized carbons (Fsp3) is 0.588. The maximum atomic E-state index is 4.50. The Kier molecular flexibility index (Phi) is 14.2. The largest absolute Gasteiger partial charge is 0.333 e. The molecule has 0 amide bonds. The molecule has 4 rings (SSSR count). The van der Waals surface area contributed by atoms with Gasteiger partial charge < -0.3 is 5.73 Å². The molecule has 2 aromatic rings. The minimum absolute atomic E-state index is 0.753. The lowest BCUT2D eigenvalue weighted by atomic mass is 9.66. The fourth-order valence-electron chi connectivity index (χ4n) is 5.91. The van der Waals surface area contributed by atoms with Crippen molar-refractivity contribution in [3.63, 3.8) is 0 Å². The van der Waals surface area contributed by atoms with E-state index < -0.39 is 0 Å². The summed E-state index contributed by atoms with van der Waals surface area (Å²) >= 11 is 0. The molecule has 0 radical (unpaired) electrons. The van der Waals surface area contributed by atoms with Gasteiger partial charge >= 0.3 is 0 Å². The van der Waals surface area contributed by atoms with E-state index in [0.717, 1.165) is 29.6 Å². The van der Waals surface area contributed by atoms with E-state index in [1.807, 2.05) is 13.8 Å². The quantitative estimate of drug-likeness (QED) is 0.468. The van der Waals surface area contributed by atoms with Crippen LogP contribution in [0.25, 0.3) is 5.57 Å².